The molecule has 0 heterocycles. The molecule has 0 aromatic rings. The Balaban J connectivity index is 2.00. The van der Waals surface area contributed by atoms with Gasteiger partial charge in [-0.15, -0.1) is 0 Å². The quantitative estimate of drug-likeness (QED) is 0.597. The molecule has 1 fully saturated rings. The Morgan fingerprint density at radius 3 is 2.35 bits per heavy atom. The first-order valence-corrected chi connectivity index (χ1v) is 7.48. The van der Waals surface area contributed by atoms with E-state index in [1.54, 1.807) is 0 Å². The van der Waals surface area contributed by atoms with Gasteiger partial charge in [-0.3, -0.25) is 4.79 Å². The van der Waals surface area contributed by atoms with Crippen molar-refractivity contribution in [3.63, 3.8) is 0 Å². The number of aliphatic carboxylic acids is 1. The van der Waals surface area contributed by atoms with E-state index in [1.165, 1.54) is 44.9 Å². The summed E-state index contributed by atoms with van der Waals surface area (Å²) in [5.41, 5.74) is 0. The van der Waals surface area contributed by atoms with Gasteiger partial charge in [0.25, 0.3) is 0 Å². The van der Waals surface area contributed by atoms with E-state index >= 15 is 0 Å². The van der Waals surface area contributed by atoms with Crippen LogP contribution in [0.2, 0.25) is 0 Å². The van der Waals surface area contributed by atoms with Gasteiger partial charge >= 0.3 is 5.97 Å². The average molecular weight is 240 g/mol. The third kappa shape index (κ3) is 5.56. The molecule has 2 nitrogen and oxygen atoms in total. The van der Waals surface area contributed by atoms with E-state index in [4.69, 9.17) is 5.11 Å². The van der Waals surface area contributed by atoms with Crippen molar-refractivity contribution in [1.29, 1.82) is 0 Å². The van der Waals surface area contributed by atoms with Crippen molar-refractivity contribution in [3.8, 4) is 0 Å². The van der Waals surface area contributed by atoms with E-state index < -0.39 is 5.97 Å². The van der Waals surface area contributed by atoms with Crippen molar-refractivity contribution in [1.82, 2.24) is 0 Å². The second kappa shape index (κ2) is 8.54. The molecule has 0 aromatic carbocycles. The van der Waals surface area contributed by atoms with E-state index in [0.29, 0.717) is 5.92 Å². The molecular formula is C15H28O2. The zero-order valence-corrected chi connectivity index (χ0v) is 11.3. The summed E-state index contributed by atoms with van der Waals surface area (Å²) < 4.78 is 0. The van der Waals surface area contributed by atoms with E-state index in [2.05, 4.69) is 6.92 Å². The van der Waals surface area contributed by atoms with Crippen LogP contribution in [0.15, 0.2) is 0 Å². The molecular weight excluding hydrogens is 212 g/mol. The lowest BCUT2D eigenvalue weighted by Gasteiger charge is -2.15. The molecule has 1 N–H and O–H groups in total. The van der Waals surface area contributed by atoms with Crippen molar-refractivity contribution in [2.45, 2.75) is 77.6 Å². The average Bonchev–Trinajstić information content (AvgIpc) is 2.76. The highest BCUT2D eigenvalue weighted by atomic mass is 16.4. The fourth-order valence-corrected chi connectivity index (χ4v) is 3.07. The molecule has 2 unspecified atom stereocenters. The number of carboxylic acid groups (broad SMARTS) is 1. The zero-order chi connectivity index (χ0) is 12.5. The maximum atomic E-state index is 11.0. The lowest BCUT2D eigenvalue weighted by Crippen LogP contribution is -2.18. The number of rotatable bonds is 9. The van der Waals surface area contributed by atoms with Gasteiger partial charge in [0.2, 0.25) is 0 Å². The molecule has 17 heavy (non-hydrogen) atoms. The first-order chi connectivity index (χ1) is 8.25. The molecule has 1 aliphatic rings. The van der Waals surface area contributed by atoms with Crippen LogP contribution in [0.5, 0.6) is 0 Å². The molecule has 1 rings (SSSR count). The van der Waals surface area contributed by atoms with E-state index in [-0.39, 0.29) is 5.92 Å². The van der Waals surface area contributed by atoms with Crippen molar-refractivity contribution in [2.75, 3.05) is 0 Å². The molecule has 2 atom stereocenters. The lowest BCUT2D eigenvalue weighted by atomic mass is 9.90. The van der Waals surface area contributed by atoms with E-state index in [9.17, 15) is 4.79 Å². The normalized spacial score (nSPS) is 24.1. The zero-order valence-electron chi connectivity index (χ0n) is 11.3. The molecule has 0 saturated heterocycles. The third-order valence-corrected chi connectivity index (χ3v) is 4.15. The third-order valence-electron chi connectivity index (χ3n) is 4.15. The SMILES string of the molecule is CCCCCCCCCC1CCCC1C(=O)O. The minimum Gasteiger partial charge on any atom is -0.481 e. The molecule has 0 amide bonds. The van der Waals surface area contributed by atoms with Crippen LogP contribution in [0.4, 0.5) is 0 Å². The molecule has 0 aliphatic heterocycles. The Hall–Kier alpha value is -0.530. The number of unbranched alkanes of at least 4 members (excludes halogenated alkanes) is 6. The number of carbonyl (C=O) groups is 1. The van der Waals surface area contributed by atoms with Gasteiger partial charge < -0.3 is 5.11 Å². The molecule has 0 spiro atoms. The van der Waals surface area contributed by atoms with Crippen molar-refractivity contribution in [3.05, 3.63) is 0 Å². The monoisotopic (exact) mass is 240 g/mol. The maximum absolute atomic E-state index is 11.0. The molecule has 0 radical (unpaired) electrons. The summed E-state index contributed by atoms with van der Waals surface area (Å²) in [5, 5.41) is 9.08. The summed E-state index contributed by atoms with van der Waals surface area (Å²) in [4.78, 5) is 11.0. The Morgan fingerprint density at radius 2 is 1.71 bits per heavy atom. The van der Waals surface area contributed by atoms with Crippen LogP contribution >= 0.6 is 0 Å². The lowest BCUT2D eigenvalue weighted by molar-refractivity contribution is -0.143. The highest BCUT2D eigenvalue weighted by Gasteiger charge is 2.31. The van der Waals surface area contributed by atoms with Crippen molar-refractivity contribution < 1.29 is 9.90 Å². The van der Waals surface area contributed by atoms with Crippen LogP contribution in [-0.2, 0) is 4.79 Å². The number of hydrogen-bond acceptors (Lipinski definition) is 1. The van der Waals surface area contributed by atoms with Gasteiger partial charge in [-0.05, 0) is 25.2 Å². The molecule has 1 aliphatic carbocycles. The first-order valence-electron chi connectivity index (χ1n) is 7.48. The predicted molar refractivity (Wildman–Crippen MR) is 71.1 cm³/mol. The summed E-state index contributed by atoms with van der Waals surface area (Å²) in [6, 6.07) is 0. The van der Waals surface area contributed by atoms with Gasteiger partial charge in [-0.1, -0.05) is 58.3 Å². The van der Waals surface area contributed by atoms with E-state index in [1.807, 2.05) is 0 Å². The van der Waals surface area contributed by atoms with Crippen LogP contribution in [0, 0.1) is 11.8 Å². The highest BCUT2D eigenvalue weighted by Crippen LogP contribution is 2.35. The Kier molecular flexibility index (Phi) is 7.30. The van der Waals surface area contributed by atoms with Crippen molar-refractivity contribution >= 4 is 5.97 Å². The minimum atomic E-state index is -0.560. The van der Waals surface area contributed by atoms with Gasteiger partial charge in [-0.2, -0.15) is 0 Å². The topological polar surface area (TPSA) is 37.3 Å². The summed E-state index contributed by atoms with van der Waals surface area (Å²) in [6.07, 6.45) is 13.6. The predicted octanol–water partition coefficient (Wildman–Crippen LogP) is 4.63. The first kappa shape index (κ1) is 14.5. The second-order valence-electron chi connectivity index (χ2n) is 5.55. The van der Waals surface area contributed by atoms with Crippen LogP contribution < -0.4 is 0 Å². The van der Waals surface area contributed by atoms with Crippen LogP contribution in [-0.4, -0.2) is 11.1 Å². The summed E-state index contributed by atoms with van der Waals surface area (Å²) in [7, 11) is 0. The summed E-state index contributed by atoms with van der Waals surface area (Å²) in [5.74, 6) is -0.117. The van der Waals surface area contributed by atoms with Gasteiger partial charge in [0.1, 0.15) is 0 Å². The Morgan fingerprint density at radius 1 is 1.06 bits per heavy atom. The van der Waals surface area contributed by atoms with Crippen molar-refractivity contribution in [2.24, 2.45) is 11.8 Å². The molecule has 0 bridgehead atoms. The van der Waals surface area contributed by atoms with Gasteiger partial charge in [0.15, 0.2) is 0 Å². The molecule has 1 saturated carbocycles. The smallest absolute Gasteiger partial charge is 0.306 e. The fraction of sp³-hybridized carbons (Fsp3) is 0.933. The fourth-order valence-electron chi connectivity index (χ4n) is 3.07. The van der Waals surface area contributed by atoms with Gasteiger partial charge in [0.05, 0.1) is 5.92 Å². The minimum absolute atomic E-state index is 0.0323. The molecule has 2 heteroatoms. The van der Waals surface area contributed by atoms with Crippen LogP contribution in [0.25, 0.3) is 0 Å². The molecule has 0 aromatic heterocycles. The van der Waals surface area contributed by atoms with Crippen LogP contribution in [0.1, 0.15) is 77.6 Å². The summed E-state index contributed by atoms with van der Waals surface area (Å²) >= 11 is 0. The standard InChI is InChI=1S/C15H28O2/c1-2-3-4-5-6-7-8-10-13-11-9-12-14(13)15(16)17/h13-14H,2-12H2,1H3,(H,16,17). The van der Waals surface area contributed by atoms with Gasteiger partial charge in [-0.25, -0.2) is 0 Å². The number of carboxylic acids is 1. The maximum Gasteiger partial charge on any atom is 0.306 e. The summed E-state index contributed by atoms with van der Waals surface area (Å²) in [6.45, 7) is 2.24. The van der Waals surface area contributed by atoms with Gasteiger partial charge in [0, 0.05) is 0 Å². The largest absolute Gasteiger partial charge is 0.481 e. The highest BCUT2D eigenvalue weighted by molar-refractivity contribution is 5.70. The molecule has 100 valence electrons. The van der Waals surface area contributed by atoms with E-state index in [0.717, 1.165) is 25.7 Å². The van der Waals surface area contributed by atoms with Crippen LogP contribution in [0.3, 0.4) is 0 Å². The second-order valence-corrected chi connectivity index (χ2v) is 5.55. The Labute approximate surface area is 106 Å². The number of hydrogen-bond donors (Lipinski definition) is 1. The Bertz CT molecular complexity index is 213.